The molecular formula is C7H11NS. The van der Waals surface area contributed by atoms with Crippen molar-refractivity contribution < 1.29 is 0 Å². The first-order chi connectivity index (χ1) is 4.22. The summed E-state index contributed by atoms with van der Waals surface area (Å²) in [5.74, 6) is 0.549. The molecule has 0 aliphatic rings. The van der Waals surface area contributed by atoms with E-state index in [9.17, 15) is 0 Å². The third-order valence-electron chi connectivity index (χ3n) is 1.33. The van der Waals surface area contributed by atoms with Crippen molar-refractivity contribution >= 4 is 12.6 Å². The van der Waals surface area contributed by atoms with Crippen molar-refractivity contribution in [3.05, 3.63) is 18.0 Å². The molecule has 0 fully saturated rings. The maximum absolute atomic E-state index is 4.26. The highest BCUT2D eigenvalue weighted by Gasteiger charge is 2.02. The molecule has 0 radical (unpaired) electrons. The van der Waals surface area contributed by atoms with Gasteiger partial charge in [-0.3, -0.25) is 0 Å². The van der Waals surface area contributed by atoms with Crippen LogP contribution in [0.15, 0.2) is 17.2 Å². The Bertz CT molecular complexity index is 191. The van der Waals surface area contributed by atoms with Gasteiger partial charge in [-0.25, -0.2) is 0 Å². The van der Waals surface area contributed by atoms with Crippen LogP contribution in [0.2, 0.25) is 0 Å². The Morgan fingerprint density at radius 2 is 2.22 bits per heavy atom. The average Bonchev–Trinajstić information content (AvgIpc) is 2.13. The van der Waals surface area contributed by atoms with Crippen LogP contribution in [-0.4, -0.2) is 4.98 Å². The Morgan fingerprint density at radius 3 is 2.44 bits per heavy atom. The van der Waals surface area contributed by atoms with E-state index in [0.29, 0.717) is 5.92 Å². The van der Waals surface area contributed by atoms with E-state index in [1.807, 2.05) is 12.3 Å². The van der Waals surface area contributed by atoms with Crippen molar-refractivity contribution in [3.8, 4) is 0 Å². The van der Waals surface area contributed by atoms with Gasteiger partial charge in [-0.15, -0.1) is 12.6 Å². The molecule has 9 heavy (non-hydrogen) atoms. The second-order valence-electron chi connectivity index (χ2n) is 2.43. The zero-order valence-electron chi connectivity index (χ0n) is 5.68. The third kappa shape index (κ3) is 1.30. The maximum Gasteiger partial charge on any atom is 0.0308 e. The highest BCUT2D eigenvalue weighted by atomic mass is 32.1. The molecule has 0 aliphatic heterocycles. The first-order valence-corrected chi connectivity index (χ1v) is 3.52. The fourth-order valence-electron chi connectivity index (χ4n) is 0.837. The molecule has 0 aliphatic carbocycles. The first-order valence-electron chi connectivity index (χ1n) is 3.08. The summed E-state index contributed by atoms with van der Waals surface area (Å²) in [4.78, 5) is 4.19. The van der Waals surface area contributed by atoms with Crippen LogP contribution in [0.3, 0.4) is 0 Å². The summed E-state index contributed by atoms with van der Waals surface area (Å²) >= 11 is 4.26. The van der Waals surface area contributed by atoms with Gasteiger partial charge in [0.1, 0.15) is 0 Å². The summed E-state index contributed by atoms with van der Waals surface area (Å²) < 4.78 is 0. The van der Waals surface area contributed by atoms with Crippen molar-refractivity contribution in [1.29, 1.82) is 0 Å². The molecule has 1 aromatic heterocycles. The van der Waals surface area contributed by atoms with Crippen LogP contribution >= 0.6 is 12.6 Å². The van der Waals surface area contributed by atoms with Crippen LogP contribution in [0.4, 0.5) is 0 Å². The molecule has 0 aromatic carbocycles. The SMILES string of the molecule is CC(C)c1[nH]ccc1S. The molecule has 0 amide bonds. The molecule has 0 saturated carbocycles. The second-order valence-corrected chi connectivity index (χ2v) is 2.91. The van der Waals surface area contributed by atoms with E-state index in [2.05, 4.69) is 31.5 Å². The number of H-pyrrole nitrogens is 1. The van der Waals surface area contributed by atoms with Crippen molar-refractivity contribution in [2.24, 2.45) is 0 Å². The Balaban J connectivity index is 2.94. The van der Waals surface area contributed by atoms with E-state index < -0.39 is 0 Å². The summed E-state index contributed by atoms with van der Waals surface area (Å²) in [5.41, 5.74) is 1.22. The van der Waals surface area contributed by atoms with Gasteiger partial charge in [-0.05, 0) is 12.0 Å². The molecule has 1 heterocycles. The zero-order chi connectivity index (χ0) is 6.85. The monoisotopic (exact) mass is 141 g/mol. The van der Waals surface area contributed by atoms with Crippen molar-refractivity contribution in [2.75, 3.05) is 0 Å². The number of nitrogens with one attached hydrogen (secondary N) is 1. The molecule has 0 saturated heterocycles. The minimum absolute atomic E-state index is 0.549. The smallest absolute Gasteiger partial charge is 0.0308 e. The van der Waals surface area contributed by atoms with Crippen molar-refractivity contribution in [1.82, 2.24) is 4.98 Å². The summed E-state index contributed by atoms with van der Waals surface area (Å²) in [6, 6.07) is 1.97. The van der Waals surface area contributed by atoms with Crippen LogP contribution in [0.25, 0.3) is 0 Å². The average molecular weight is 141 g/mol. The largest absolute Gasteiger partial charge is 0.364 e. The Hall–Kier alpha value is -0.370. The zero-order valence-corrected chi connectivity index (χ0v) is 6.57. The minimum atomic E-state index is 0.549. The first kappa shape index (κ1) is 6.75. The van der Waals surface area contributed by atoms with E-state index in [0.717, 1.165) is 4.90 Å². The molecule has 1 aromatic rings. The van der Waals surface area contributed by atoms with Crippen molar-refractivity contribution in [3.63, 3.8) is 0 Å². The molecule has 1 rings (SSSR count). The number of thiol groups is 1. The summed E-state index contributed by atoms with van der Waals surface area (Å²) in [5, 5.41) is 0. The van der Waals surface area contributed by atoms with E-state index >= 15 is 0 Å². The van der Waals surface area contributed by atoms with Crippen molar-refractivity contribution in [2.45, 2.75) is 24.7 Å². The minimum Gasteiger partial charge on any atom is -0.364 e. The Morgan fingerprint density at radius 1 is 1.56 bits per heavy atom. The topological polar surface area (TPSA) is 15.8 Å². The van der Waals surface area contributed by atoms with Crippen LogP contribution in [0.1, 0.15) is 25.5 Å². The lowest BCUT2D eigenvalue weighted by Crippen LogP contribution is -1.86. The highest BCUT2D eigenvalue weighted by molar-refractivity contribution is 7.80. The van der Waals surface area contributed by atoms with Crippen LogP contribution < -0.4 is 0 Å². The number of aromatic nitrogens is 1. The lowest BCUT2D eigenvalue weighted by atomic mass is 10.1. The van der Waals surface area contributed by atoms with Gasteiger partial charge in [0, 0.05) is 16.8 Å². The fourth-order valence-corrected chi connectivity index (χ4v) is 1.23. The molecule has 0 spiro atoms. The fraction of sp³-hybridized carbons (Fsp3) is 0.429. The summed E-state index contributed by atoms with van der Waals surface area (Å²) in [6.07, 6.45) is 1.91. The molecule has 2 heteroatoms. The number of aromatic amines is 1. The van der Waals surface area contributed by atoms with Gasteiger partial charge in [0.2, 0.25) is 0 Å². The molecule has 50 valence electrons. The molecule has 0 unspecified atom stereocenters. The quantitative estimate of drug-likeness (QED) is 0.559. The standard InChI is InChI=1S/C7H11NS/c1-5(2)7-6(9)3-4-8-7/h3-5,8-9H,1-2H3. The number of rotatable bonds is 1. The lowest BCUT2D eigenvalue weighted by molar-refractivity contribution is 0.812. The maximum atomic E-state index is 4.26. The summed E-state index contributed by atoms with van der Waals surface area (Å²) in [7, 11) is 0. The van der Waals surface area contributed by atoms with Gasteiger partial charge in [0.25, 0.3) is 0 Å². The highest BCUT2D eigenvalue weighted by Crippen LogP contribution is 2.19. The van der Waals surface area contributed by atoms with Gasteiger partial charge in [0.15, 0.2) is 0 Å². The van der Waals surface area contributed by atoms with Gasteiger partial charge in [-0.1, -0.05) is 13.8 Å². The molecule has 0 atom stereocenters. The molecule has 0 bridgehead atoms. The predicted octanol–water partition coefficient (Wildman–Crippen LogP) is 2.43. The molecular weight excluding hydrogens is 130 g/mol. The van der Waals surface area contributed by atoms with Gasteiger partial charge < -0.3 is 4.98 Å². The lowest BCUT2D eigenvalue weighted by Gasteiger charge is -2.00. The van der Waals surface area contributed by atoms with Gasteiger partial charge >= 0.3 is 0 Å². The van der Waals surface area contributed by atoms with E-state index in [-0.39, 0.29) is 0 Å². The van der Waals surface area contributed by atoms with Crippen LogP contribution in [0, 0.1) is 0 Å². The van der Waals surface area contributed by atoms with E-state index in [1.165, 1.54) is 5.69 Å². The van der Waals surface area contributed by atoms with Crippen LogP contribution in [0.5, 0.6) is 0 Å². The summed E-state index contributed by atoms with van der Waals surface area (Å²) in [6.45, 7) is 4.29. The Kier molecular flexibility index (Phi) is 1.86. The predicted molar refractivity (Wildman–Crippen MR) is 42.1 cm³/mol. The normalized spacial score (nSPS) is 10.7. The Labute approximate surface area is 60.9 Å². The third-order valence-corrected chi connectivity index (χ3v) is 1.72. The van der Waals surface area contributed by atoms with Gasteiger partial charge in [0.05, 0.1) is 0 Å². The van der Waals surface area contributed by atoms with E-state index in [1.54, 1.807) is 0 Å². The molecule has 1 N–H and O–H groups in total. The molecule has 1 nitrogen and oxygen atoms in total. The van der Waals surface area contributed by atoms with Gasteiger partial charge in [-0.2, -0.15) is 0 Å². The van der Waals surface area contributed by atoms with E-state index in [4.69, 9.17) is 0 Å². The number of hydrogen-bond acceptors (Lipinski definition) is 1. The second kappa shape index (κ2) is 2.48. The number of hydrogen-bond donors (Lipinski definition) is 2. The van der Waals surface area contributed by atoms with Crippen LogP contribution in [-0.2, 0) is 0 Å².